The lowest BCUT2D eigenvalue weighted by molar-refractivity contribution is -0.384. The number of hydrogen-bond acceptors (Lipinski definition) is 4. The van der Waals surface area contributed by atoms with Gasteiger partial charge < -0.3 is 10.1 Å². The van der Waals surface area contributed by atoms with Gasteiger partial charge in [-0.1, -0.05) is 18.2 Å². The predicted octanol–water partition coefficient (Wildman–Crippen LogP) is 3.88. The number of hydrogen-bond donors (Lipinski definition) is 1. The van der Waals surface area contributed by atoms with Gasteiger partial charge >= 0.3 is 0 Å². The molecule has 2 aromatic carbocycles. The van der Waals surface area contributed by atoms with E-state index >= 15 is 0 Å². The molecule has 0 spiro atoms. The van der Waals surface area contributed by atoms with Crippen molar-refractivity contribution in [1.29, 1.82) is 0 Å². The van der Waals surface area contributed by atoms with Gasteiger partial charge in [0.1, 0.15) is 23.9 Å². The van der Waals surface area contributed by atoms with E-state index in [-0.39, 0.29) is 21.0 Å². The van der Waals surface area contributed by atoms with Crippen molar-refractivity contribution in [2.45, 2.75) is 6.04 Å². The number of benzene rings is 2. The number of fused-ring (bicyclic) bond motifs is 1. The highest BCUT2D eigenvalue weighted by Crippen LogP contribution is 2.37. The maximum absolute atomic E-state index is 13.7. The van der Waals surface area contributed by atoms with Crippen LogP contribution in [0.1, 0.15) is 11.6 Å². The van der Waals surface area contributed by atoms with Gasteiger partial charge in [0.15, 0.2) is 0 Å². The molecule has 1 N–H and O–H groups in total. The second-order valence-corrected chi connectivity index (χ2v) is 5.75. The first kappa shape index (κ1) is 14.1. The number of nitrogens with zero attached hydrogens (tertiary/aromatic N) is 1. The molecule has 1 atom stereocenters. The Balaban J connectivity index is 1.96. The summed E-state index contributed by atoms with van der Waals surface area (Å²) in [7, 11) is 0. The monoisotopic (exact) mass is 400 g/mol. The van der Waals surface area contributed by atoms with E-state index in [1.54, 1.807) is 22.6 Å². The maximum atomic E-state index is 13.7. The van der Waals surface area contributed by atoms with Gasteiger partial charge in [-0.15, -0.1) is 0 Å². The molecule has 7 heteroatoms. The molecule has 0 aliphatic carbocycles. The Bertz CT molecular complexity index is 723. The highest BCUT2D eigenvalue weighted by atomic mass is 127. The summed E-state index contributed by atoms with van der Waals surface area (Å²) < 4.78 is 19.4. The molecule has 1 unspecified atom stereocenters. The van der Waals surface area contributed by atoms with Crippen molar-refractivity contribution in [1.82, 2.24) is 0 Å². The quantitative estimate of drug-likeness (QED) is 0.483. The highest BCUT2D eigenvalue weighted by molar-refractivity contribution is 14.1. The lowest BCUT2D eigenvalue weighted by Crippen LogP contribution is -2.13. The van der Waals surface area contributed by atoms with Crippen LogP contribution in [0.4, 0.5) is 15.8 Å². The molecule has 0 aromatic heterocycles. The standard InChI is InChI=1S/C14H10FIN2O3/c15-9-5-11(13(18(19)20)6-10(9)16)17-12-7-21-14-4-2-1-3-8(12)14/h1-6,12,17H,7H2. The van der Waals surface area contributed by atoms with Crippen LogP contribution in [0.3, 0.4) is 0 Å². The molecule has 2 aromatic rings. The van der Waals surface area contributed by atoms with Gasteiger partial charge in [-0.05, 0) is 28.7 Å². The van der Waals surface area contributed by atoms with Crippen molar-refractivity contribution in [3.05, 3.63) is 61.5 Å². The summed E-state index contributed by atoms with van der Waals surface area (Å²) in [6.07, 6.45) is 0. The smallest absolute Gasteiger partial charge is 0.293 e. The Morgan fingerprint density at radius 3 is 2.90 bits per heavy atom. The van der Waals surface area contributed by atoms with Crippen LogP contribution >= 0.6 is 22.6 Å². The summed E-state index contributed by atoms with van der Waals surface area (Å²) in [5.74, 6) is 0.250. The van der Waals surface area contributed by atoms with E-state index in [9.17, 15) is 14.5 Å². The number of nitro benzene ring substituents is 1. The summed E-state index contributed by atoms with van der Waals surface area (Å²) in [5.41, 5.74) is 0.916. The van der Waals surface area contributed by atoms with Gasteiger partial charge in [0.25, 0.3) is 5.69 Å². The van der Waals surface area contributed by atoms with Crippen molar-refractivity contribution < 1.29 is 14.1 Å². The van der Waals surface area contributed by atoms with Crippen LogP contribution in [0.5, 0.6) is 5.75 Å². The van der Waals surface area contributed by atoms with Crippen LogP contribution < -0.4 is 10.1 Å². The van der Waals surface area contributed by atoms with Crippen molar-refractivity contribution in [2.24, 2.45) is 0 Å². The first-order chi connectivity index (χ1) is 10.1. The number of nitro groups is 1. The predicted molar refractivity (Wildman–Crippen MR) is 84.1 cm³/mol. The van der Waals surface area contributed by atoms with Gasteiger partial charge in [0, 0.05) is 17.7 Å². The van der Waals surface area contributed by atoms with E-state index in [2.05, 4.69) is 5.32 Å². The van der Waals surface area contributed by atoms with Gasteiger partial charge in [-0.25, -0.2) is 4.39 Å². The molecule has 0 amide bonds. The fraction of sp³-hybridized carbons (Fsp3) is 0.143. The number of anilines is 1. The number of rotatable bonds is 3. The maximum Gasteiger partial charge on any atom is 0.293 e. The average Bonchev–Trinajstić information content (AvgIpc) is 2.86. The van der Waals surface area contributed by atoms with Gasteiger partial charge in [-0.2, -0.15) is 0 Å². The van der Waals surface area contributed by atoms with Crippen LogP contribution in [0.25, 0.3) is 0 Å². The number of para-hydroxylation sites is 1. The molecule has 0 bridgehead atoms. The Morgan fingerprint density at radius 1 is 1.38 bits per heavy atom. The van der Waals surface area contributed by atoms with Crippen LogP contribution in [0.2, 0.25) is 0 Å². The molecule has 5 nitrogen and oxygen atoms in total. The molecule has 1 aliphatic rings. The lowest BCUT2D eigenvalue weighted by atomic mass is 10.1. The van der Waals surface area contributed by atoms with Gasteiger partial charge in [-0.3, -0.25) is 10.1 Å². The summed E-state index contributed by atoms with van der Waals surface area (Å²) in [6, 6.07) is 9.58. The van der Waals surface area contributed by atoms with E-state index in [0.717, 1.165) is 17.4 Å². The normalized spacial score (nSPS) is 16.2. The lowest BCUT2D eigenvalue weighted by Gasteiger charge is -2.13. The topological polar surface area (TPSA) is 64.4 Å². The van der Waals surface area contributed by atoms with Crippen LogP contribution in [0.15, 0.2) is 36.4 Å². The molecule has 3 rings (SSSR count). The minimum Gasteiger partial charge on any atom is -0.491 e. The van der Waals surface area contributed by atoms with Gasteiger partial charge in [0.2, 0.25) is 0 Å². The van der Waals surface area contributed by atoms with Crippen LogP contribution in [-0.2, 0) is 0 Å². The van der Waals surface area contributed by atoms with Crippen molar-refractivity contribution in [2.75, 3.05) is 11.9 Å². The summed E-state index contributed by atoms with van der Waals surface area (Å²) in [6.45, 7) is 0.351. The number of nitrogens with one attached hydrogen (secondary N) is 1. The third-order valence-electron chi connectivity index (χ3n) is 3.26. The summed E-state index contributed by atoms with van der Waals surface area (Å²) in [4.78, 5) is 10.6. The third kappa shape index (κ3) is 2.65. The molecule has 1 heterocycles. The summed E-state index contributed by atoms with van der Waals surface area (Å²) >= 11 is 1.73. The van der Waals surface area contributed by atoms with E-state index < -0.39 is 10.7 Å². The van der Waals surface area contributed by atoms with Crippen LogP contribution in [-0.4, -0.2) is 11.5 Å². The Kier molecular flexibility index (Phi) is 3.66. The van der Waals surface area contributed by atoms with Crippen molar-refractivity contribution >= 4 is 34.0 Å². The van der Waals surface area contributed by atoms with E-state index in [0.29, 0.717) is 6.61 Å². The average molecular weight is 400 g/mol. The van der Waals surface area contributed by atoms with E-state index in [4.69, 9.17) is 4.74 Å². The highest BCUT2D eigenvalue weighted by Gasteiger charge is 2.26. The molecule has 1 aliphatic heterocycles. The SMILES string of the molecule is O=[N+]([O-])c1cc(I)c(F)cc1NC1COc2ccccc21. The third-order valence-corrected chi connectivity index (χ3v) is 4.09. The molecule has 0 fully saturated rings. The Labute approximate surface area is 133 Å². The zero-order chi connectivity index (χ0) is 15.0. The summed E-state index contributed by atoms with van der Waals surface area (Å²) in [5, 5.41) is 14.1. The minimum atomic E-state index is -0.522. The molecule has 0 saturated carbocycles. The first-order valence-corrected chi connectivity index (χ1v) is 7.26. The zero-order valence-electron chi connectivity index (χ0n) is 10.7. The fourth-order valence-corrected chi connectivity index (χ4v) is 2.72. The number of halogens is 2. The van der Waals surface area contributed by atoms with E-state index in [1.807, 2.05) is 24.3 Å². The Hall–Kier alpha value is -1.90. The van der Waals surface area contributed by atoms with Crippen molar-refractivity contribution in [3.8, 4) is 5.75 Å². The van der Waals surface area contributed by atoms with Crippen molar-refractivity contribution in [3.63, 3.8) is 0 Å². The van der Waals surface area contributed by atoms with E-state index in [1.165, 1.54) is 6.07 Å². The second kappa shape index (κ2) is 5.47. The fourth-order valence-electron chi connectivity index (χ4n) is 2.27. The second-order valence-electron chi connectivity index (χ2n) is 4.59. The molecular weight excluding hydrogens is 390 g/mol. The molecule has 0 saturated heterocycles. The Morgan fingerprint density at radius 2 is 2.14 bits per heavy atom. The van der Waals surface area contributed by atoms with Gasteiger partial charge in [0.05, 0.1) is 14.5 Å². The largest absolute Gasteiger partial charge is 0.491 e. The van der Waals surface area contributed by atoms with Crippen LogP contribution in [0, 0.1) is 19.5 Å². The number of ether oxygens (including phenoxy) is 1. The first-order valence-electron chi connectivity index (χ1n) is 6.18. The molecule has 0 radical (unpaired) electrons. The minimum absolute atomic E-state index is 0.148. The molecule has 21 heavy (non-hydrogen) atoms. The molecular formula is C14H10FIN2O3. The zero-order valence-corrected chi connectivity index (χ0v) is 12.8. The molecule has 108 valence electrons.